The fraction of sp³-hybridized carbons (Fsp3) is 0.500. The van der Waals surface area contributed by atoms with Crippen molar-refractivity contribution in [3.05, 3.63) is 28.2 Å². The molecule has 0 aliphatic rings. The lowest BCUT2D eigenvalue weighted by Gasteiger charge is -2.29. The molecule has 0 radical (unpaired) electrons. The fourth-order valence-electron chi connectivity index (χ4n) is 1.27. The molecule has 0 heterocycles. The average Bonchev–Trinajstić information content (AvgIpc) is 2.27. The maximum absolute atomic E-state index is 12.2. The minimum atomic E-state index is -1.26. The van der Waals surface area contributed by atoms with Crippen molar-refractivity contribution in [3.8, 4) is 0 Å². The van der Waals surface area contributed by atoms with Crippen LogP contribution >= 0.6 is 23.2 Å². The summed E-state index contributed by atoms with van der Waals surface area (Å²) in [5.41, 5.74) is 5.46. The normalized spacial score (nSPS) is 15.4. The van der Waals surface area contributed by atoms with E-state index in [2.05, 4.69) is 0 Å². The molecule has 0 saturated carbocycles. The predicted octanol–water partition coefficient (Wildman–Crippen LogP) is 2.85. The van der Waals surface area contributed by atoms with E-state index in [1.54, 1.807) is 25.3 Å². The van der Waals surface area contributed by atoms with Gasteiger partial charge in [0.15, 0.2) is 0 Å². The molecule has 1 aromatic rings. The lowest BCUT2D eigenvalue weighted by Crippen LogP contribution is -2.48. The molecule has 0 fully saturated rings. The summed E-state index contributed by atoms with van der Waals surface area (Å²) in [5, 5.41) is 0.927. The van der Waals surface area contributed by atoms with Crippen LogP contribution in [0.5, 0.6) is 0 Å². The first-order chi connectivity index (χ1) is 8.26. The Hall–Kier alpha value is -0.130. The molecule has 6 heteroatoms. The van der Waals surface area contributed by atoms with E-state index in [1.807, 2.05) is 13.8 Å². The molecule has 0 aromatic heterocycles. The SMILES string of the molecule is COC(C)(C)C(N)CS(=O)c1cc(Cl)cc(Cl)c1. The highest BCUT2D eigenvalue weighted by Crippen LogP contribution is 2.22. The second kappa shape index (κ2) is 6.35. The highest BCUT2D eigenvalue weighted by molar-refractivity contribution is 7.85. The van der Waals surface area contributed by atoms with Gasteiger partial charge in [-0.15, -0.1) is 0 Å². The quantitative estimate of drug-likeness (QED) is 0.910. The summed E-state index contributed by atoms with van der Waals surface area (Å²) in [5.74, 6) is 0.289. The number of methoxy groups -OCH3 is 1. The second-order valence-electron chi connectivity index (χ2n) is 4.53. The number of ether oxygens (including phenoxy) is 1. The van der Waals surface area contributed by atoms with Gasteiger partial charge in [0.05, 0.1) is 16.4 Å². The van der Waals surface area contributed by atoms with Gasteiger partial charge in [0, 0.05) is 33.8 Å². The van der Waals surface area contributed by atoms with Crippen LogP contribution in [0.25, 0.3) is 0 Å². The second-order valence-corrected chi connectivity index (χ2v) is 6.90. The molecule has 2 atom stereocenters. The van der Waals surface area contributed by atoms with Crippen molar-refractivity contribution in [3.63, 3.8) is 0 Å². The van der Waals surface area contributed by atoms with Crippen LogP contribution in [0.2, 0.25) is 10.0 Å². The summed E-state index contributed by atoms with van der Waals surface area (Å²) in [4.78, 5) is 0.579. The van der Waals surface area contributed by atoms with Gasteiger partial charge in [-0.25, -0.2) is 0 Å². The van der Waals surface area contributed by atoms with Crippen LogP contribution < -0.4 is 5.73 Å². The Morgan fingerprint density at radius 1 is 1.33 bits per heavy atom. The largest absolute Gasteiger partial charge is 0.377 e. The third-order valence-electron chi connectivity index (χ3n) is 2.85. The summed E-state index contributed by atoms with van der Waals surface area (Å²) in [6.07, 6.45) is 0. The lowest BCUT2D eigenvalue weighted by atomic mass is 10.0. The maximum atomic E-state index is 12.2. The van der Waals surface area contributed by atoms with E-state index in [-0.39, 0.29) is 11.8 Å². The van der Waals surface area contributed by atoms with Crippen LogP contribution in [0.15, 0.2) is 23.1 Å². The Bertz CT molecular complexity index is 431. The Morgan fingerprint density at radius 2 is 1.83 bits per heavy atom. The van der Waals surface area contributed by atoms with Gasteiger partial charge in [-0.3, -0.25) is 4.21 Å². The summed E-state index contributed by atoms with van der Waals surface area (Å²) >= 11 is 11.7. The first-order valence-electron chi connectivity index (χ1n) is 5.41. The van der Waals surface area contributed by atoms with E-state index in [4.69, 9.17) is 33.7 Å². The number of nitrogens with two attached hydrogens (primary N) is 1. The van der Waals surface area contributed by atoms with Gasteiger partial charge in [0.1, 0.15) is 0 Å². The standard InChI is InChI=1S/C12H17Cl2NO2S/c1-12(2,17-3)11(15)7-18(16)10-5-8(13)4-9(14)6-10/h4-6,11H,7,15H2,1-3H3. The molecule has 1 rings (SSSR count). The molecule has 1 aromatic carbocycles. The summed E-state index contributed by atoms with van der Waals surface area (Å²) < 4.78 is 17.5. The van der Waals surface area contributed by atoms with Crippen molar-refractivity contribution in [1.82, 2.24) is 0 Å². The van der Waals surface area contributed by atoms with E-state index >= 15 is 0 Å². The molecule has 102 valence electrons. The van der Waals surface area contributed by atoms with Crippen LogP contribution in [-0.4, -0.2) is 28.7 Å². The van der Waals surface area contributed by atoms with Crippen molar-refractivity contribution >= 4 is 34.0 Å². The Morgan fingerprint density at radius 3 is 2.28 bits per heavy atom. The van der Waals surface area contributed by atoms with Crippen molar-refractivity contribution in [2.75, 3.05) is 12.9 Å². The van der Waals surface area contributed by atoms with Gasteiger partial charge in [0.25, 0.3) is 0 Å². The Balaban J connectivity index is 2.83. The van der Waals surface area contributed by atoms with Crippen molar-refractivity contribution in [2.24, 2.45) is 5.73 Å². The van der Waals surface area contributed by atoms with Gasteiger partial charge in [-0.05, 0) is 32.0 Å². The molecule has 0 spiro atoms. The summed E-state index contributed by atoms with van der Waals surface area (Å²) in [7, 11) is 0.326. The number of hydrogen-bond donors (Lipinski definition) is 1. The first-order valence-corrected chi connectivity index (χ1v) is 7.49. The molecule has 0 bridgehead atoms. The van der Waals surface area contributed by atoms with Crippen molar-refractivity contribution in [1.29, 1.82) is 0 Å². The molecule has 18 heavy (non-hydrogen) atoms. The van der Waals surface area contributed by atoms with Crippen molar-refractivity contribution in [2.45, 2.75) is 30.4 Å². The zero-order valence-electron chi connectivity index (χ0n) is 10.6. The van der Waals surface area contributed by atoms with Gasteiger partial charge in [-0.1, -0.05) is 23.2 Å². The number of rotatable bonds is 5. The Kier molecular flexibility index (Phi) is 5.62. The molecular weight excluding hydrogens is 293 g/mol. The van der Waals surface area contributed by atoms with Gasteiger partial charge < -0.3 is 10.5 Å². The van der Waals surface area contributed by atoms with E-state index in [0.717, 1.165) is 0 Å². The zero-order valence-corrected chi connectivity index (χ0v) is 12.9. The first kappa shape index (κ1) is 15.9. The molecular formula is C12H17Cl2NO2S. The molecule has 3 nitrogen and oxygen atoms in total. The number of hydrogen-bond acceptors (Lipinski definition) is 3. The minimum Gasteiger partial charge on any atom is -0.377 e. The van der Waals surface area contributed by atoms with E-state index < -0.39 is 16.4 Å². The Labute approximate surface area is 120 Å². The number of benzene rings is 1. The van der Waals surface area contributed by atoms with Gasteiger partial charge in [-0.2, -0.15) is 0 Å². The molecule has 0 saturated heterocycles. The molecule has 2 N–H and O–H groups in total. The van der Waals surface area contributed by atoms with E-state index in [9.17, 15) is 4.21 Å². The highest BCUT2D eigenvalue weighted by atomic mass is 35.5. The van der Waals surface area contributed by atoms with Crippen LogP contribution in [-0.2, 0) is 15.5 Å². The fourth-order valence-corrected chi connectivity index (χ4v) is 3.36. The molecule has 0 amide bonds. The zero-order chi connectivity index (χ0) is 13.9. The highest BCUT2D eigenvalue weighted by Gasteiger charge is 2.27. The van der Waals surface area contributed by atoms with Crippen molar-refractivity contribution < 1.29 is 8.95 Å². The lowest BCUT2D eigenvalue weighted by molar-refractivity contribution is 0.00645. The van der Waals surface area contributed by atoms with Gasteiger partial charge in [0.2, 0.25) is 0 Å². The predicted molar refractivity (Wildman–Crippen MR) is 76.8 cm³/mol. The third kappa shape index (κ3) is 4.21. The van der Waals surface area contributed by atoms with E-state index in [0.29, 0.717) is 14.9 Å². The summed E-state index contributed by atoms with van der Waals surface area (Å²) in [6.45, 7) is 3.72. The van der Waals surface area contributed by atoms with Gasteiger partial charge >= 0.3 is 0 Å². The van der Waals surface area contributed by atoms with Crippen LogP contribution in [0.3, 0.4) is 0 Å². The number of halogens is 2. The maximum Gasteiger partial charge on any atom is 0.0782 e. The smallest absolute Gasteiger partial charge is 0.0782 e. The van der Waals surface area contributed by atoms with Crippen LogP contribution in [0.4, 0.5) is 0 Å². The molecule has 0 aliphatic carbocycles. The monoisotopic (exact) mass is 309 g/mol. The molecule has 0 aliphatic heterocycles. The minimum absolute atomic E-state index is 0.289. The molecule has 2 unspecified atom stereocenters. The third-order valence-corrected chi connectivity index (χ3v) is 4.71. The van der Waals surface area contributed by atoms with Crippen LogP contribution in [0.1, 0.15) is 13.8 Å². The van der Waals surface area contributed by atoms with E-state index in [1.165, 1.54) is 0 Å². The summed E-state index contributed by atoms with van der Waals surface area (Å²) in [6, 6.07) is 4.52. The average molecular weight is 310 g/mol. The topological polar surface area (TPSA) is 52.3 Å². The van der Waals surface area contributed by atoms with Crippen LogP contribution in [0, 0.1) is 0 Å².